The van der Waals surface area contributed by atoms with E-state index >= 15 is 0 Å². The molecule has 1 spiro atoms. The summed E-state index contributed by atoms with van der Waals surface area (Å²) in [5.41, 5.74) is 5.45. The summed E-state index contributed by atoms with van der Waals surface area (Å²) in [6, 6.07) is 9.20. The molecule has 0 aromatic heterocycles. The Morgan fingerprint density at radius 3 is 2.50 bits per heavy atom. The van der Waals surface area contributed by atoms with E-state index < -0.39 is 0 Å². The van der Waals surface area contributed by atoms with Gasteiger partial charge in [-0.2, -0.15) is 0 Å². The van der Waals surface area contributed by atoms with Gasteiger partial charge in [-0.3, -0.25) is 0 Å². The Kier molecular flexibility index (Phi) is 9.20. The summed E-state index contributed by atoms with van der Waals surface area (Å²) in [6.07, 6.45) is 17.5. The molecule has 4 aliphatic rings. The van der Waals surface area contributed by atoms with E-state index in [0.29, 0.717) is 16.7 Å². The Labute approximate surface area is 226 Å². The Morgan fingerprint density at radius 2 is 1.81 bits per heavy atom. The summed E-state index contributed by atoms with van der Waals surface area (Å²) < 4.78 is 0. The summed E-state index contributed by atoms with van der Waals surface area (Å²) in [7, 11) is 0. The molecule has 200 valence electrons. The normalized spacial score (nSPS) is 33.9. The van der Waals surface area contributed by atoms with Crippen molar-refractivity contribution in [2.45, 2.75) is 123 Å². The van der Waals surface area contributed by atoms with Gasteiger partial charge in [0.1, 0.15) is 0 Å². The van der Waals surface area contributed by atoms with Gasteiger partial charge in [0.15, 0.2) is 0 Å². The minimum atomic E-state index is -0.0852. The lowest BCUT2D eigenvalue weighted by Crippen LogP contribution is -2.36. The molecule has 4 aliphatic carbocycles. The second-order valence-electron chi connectivity index (χ2n) is 12.8. The molecule has 0 radical (unpaired) electrons. The van der Waals surface area contributed by atoms with Crippen molar-refractivity contribution < 1.29 is 5.11 Å². The van der Waals surface area contributed by atoms with Crippen LogP contribution in [-0.4, -0.2) is 17.0 Å². The molecule has 4 fully saturated rings. The largest absolute Gasteiger partial charge is 0.392 e. The van der Waals surface area contributed by atoms with E-state index in [9.17, 15) is 5.11 Å². The Balaban J connectivity index is 0.00000148. The van der Waals surface area contributed by atoms with Crippen LogP contribution in [-0.2, 0) is 0 Å². The third-order valence-corrected chi connectivity index (χ3v) is 11.6. The number of aliphatic hydroxyl groups excluding tert-OH is 1. The van der Waals surface area contributed by atoms with E-state index in [0.717, 1.165) is 24.2 Å². The van der Waals surface area contributed by atoms with Gasteiger partial charge in [0.2, 0.25) is 0 Å². The lowest BCUT2D eigenvalue weighted by atomic mass is 9.61. The van der Waals surface area contributed by atoms with Crippen LogP contribution in [0.3, 0.4) is 0 Å². The maximum absolute atomic E-state index is 10.6. The molecule has 0 bridgehead atoms. The molecule has 1 N–H and O–H groups in total. The summed E-state index contributed by atoms with van der Waals surface area (Å²) in [5, 5.41) is 10.6. The highest BCUT2D eigenvalue weighted by atomic mass is 32.2. The number of benzene rings is 1. The van der Waals surface area contributed by atoms with Crippen molar-refractivity contribution in [1.29, 1.82) is 0 Å². The number of thioether (sulfide) groups is 1. The van der Waals surface area contributed by atoms with Gasteiger partial charge in [-0.05, 0) is 116 Å². The van der Waals surface area contributed by atoms with Crippen LogP contribution in [0.2, 0.25) is 0 Å². The van der Waals surface area contributed by atoms with Crippen LogP contribution in [0.25, 0.3) is 0 Å². The number of fused-ring (bicyclic) bond motifs is 1. The van der Waals surface area contributed by atoms with Crippen molar-refractivity contribution in [3.63, 3.8) is 0 Å². The van der Waals surface area contributed by atoms with Gasteiger partial charge in [0, 0.05) is 10.6 Å². The fourth-order valence-corrected chi connectivity index (χ4v) is 8.87. The zero-order valence-corrected chi connectivity index (χ0v) is 24.8. The maximum Gasteiger partial charge on any atom is 0.0633 e. The molecular formula is C34H52OS. The van der Waals surface area contributed by atoms with Gasteiger partial charge in [-0.25, -0.2) is 0 Å². The molecule has 36 heavy (non-hydrogen) atoms. The molecule has 1 nitrogen and oxygen atoms in total. The molecule has 1 aromatic carbocycles. The molecular weight excluding hydrogens is 456 g/mol. The van der Waals surface area contributed by atoms with Gasteiger partial charge >= 0.3 is 0 Å². The number of rotatable bonds is 6. The summed E-state index contributed by atoms with van der Waals surface area (Å²) >= 11 is 2.07. The summed E-state index contributed by atoms with van der Waals surface area (Å²) in [4.78, 5) is 1.44. The molecule has 5 unspecified atom stereocenters. The van der Waals surface area contributed by atoms with Crippen LogP contribution in [0, 0.1) is 28.6 Å². The SMILES string of the molecule is CC.CC(C)c1cccc(SCC(C)C2CCC3/C(=C/C=C4/CCC5(CC5)C(O)C4)CCCC32C)c1. The Hall–Kier alpha value is -0.990. The Bertz CT molecular complexity index is 938. The quantitative estimate of drug-likeness (QED) is 0.386. The van der Waals surface area contributed by atoms with Crippen molar-refractivity contribution in [1.82, 2.24) is 0 Å². The van der Waals surface area contributed by atoms with Gasteiger partial charge in [-0.15, -0.1) is 11.8 Å². The van der Waals surface area contributed by atoms with E-state index in [2.05, 4.69) is 75.9 Å². The number of aliphatic hydroxyl groups is 1. The van der Waals surface area contributed by atoms with E-state index in [-0.39, 0.29) is 6.10 Å². The lowest BCUT2D eigenvalue weighted by Gasteiger charge is -2.44. The zero-order chi connectivity index (χ0) is 25.9. The maximum atomic E-state index is 10.6. The monoisotopic (exact) mass is 508 g/mol. The predicted octanol–water partition coefficient (Wildman–Crippen LogP) is 9.96. The first-order chi connectivity index (χ1) is 17.3. The van der Waals surface area contributed by atoms with E-state index in [1.807, 2.05) is 13.8 Å². The predicted molar refractivity (Wildman–Crippen MR) is 158 cm³/mol. The number of hydrogen-bond acceptors (Lipinski definition) is 2. The zero-order valence-electron chi connectivity index (χ0n) is 24.0. The smallest absolute Gasteiger partial charge is 0.0633 e. The summed E-state index contributed by atoms with van der Waals surface area (Å²) in [6.45, 7) is 13.7. The van der Waals surface area contributed by atoms with Crippen molar-refractivity contribution in [3.05, 3.63) is 53.1 Å². The minimum absolute atomic E-state index is 0.0852. The lowest BCUT2D eigenvalue weighted by molar-refractivity contribution is 0.0727. The third-order valence-electron chi connectivity index (χ3n) is 10.3. The second-order valence-corrected chi connectivity index (χ2v) is 13.9. The fraction of sp³-hybridized carbons (Fsp3) is 0.706. The van der Waals surface area contributed by atoms with E-state index in [1.165, 1.54) is 79.6 Å². The fourth-order valence-electron chi connectivity index (χ4n) is 7.78. The first-order valence-corrected chi connectivity index (χ1v) is 16.1. The van der Waals surface area contributed by atoms with Gasteiger partial charge in [-0.1, -0.05) is 77.0 Å². The van der Waals surface area contributed by atoms with Crippen LogP contribution in [0.5, 0.6) is 0 Å². The molecule has 0 heterocycles. The molecule has 0 aliphatic heterocycles. The molecule has 1 aromatic rings. The Morgan fingerprint density at radius 1 is 1.03 bits per heavy atom. The van der Waals surface area contributed by atoms with Crippen LogP contribution in [0.1, 0.15) is 117 Å². The highest BCUT2D eigenvalue weighted by Crippen LogP contribution is 2.60. The van der Waals surface area contributed by atoms with Crippen LogP contribution < -0.4 is 0 Å². The number of allylic oxidation sites excluding steroid dienone is 3. The third kappa shape index (κ3) is 5.85. The average molecular weight is 509 g/mol. The molecule has 4 saturated carbocycles. The minimum Gasteiger partial charge on any atom is -0.392 e. The highest BCUT2D eigenvalue weighted by molar-refractivity contribution is 7.99. The molecule has 2 heteroatoms. The highest BCUT2D eigenvalue weighted by Gasteiger charge is 2.51. The molecule has 5 rings (SSSR count). The van der Waals surface area contributed by atoms with Gasteiger partial charge < -0.3 is 5.11 Å². The van der Waals surface area contributed by atoms with Crippen molar-refractivity contribution in [2.24, 2.45) is 28.6 Å². The number of hydrogen-bond donors (Lipinski definition) is 1. The van der Waals surface area contributed by atoms with Crippen LogP contribution in [0.4, 0.5) is 0 Å². The molecule has 0 saturated heterocycles. The first kappa shape index (κ1) is 28.0. The van der Waals surface area contributed by atoms with Crippen LogP contribution >= 0.6 is 11.8 Å². The second kappa shape index (κ2) is 11.8. The molecule has 0 amide bonds. The first-order valence-electron chi connectivity index (χ1n) is 15.1. The average Bonchev–Trinajstić information content (AvgIpc) is 3.58. The van der Waals surface area contributed by atoms with Crippen molar-refractivity contribution in [3.8, 4) is 0 Å². The standard InChI is InChI=1S/C32H46OS.C2H6/c1-22(2)26-7-5-9-27(20-26)34-21-23(3)28-12-13-29-25(8-6-15-31(28,29)4)11-10-24-14-16-32(17-18-32)30(33)19-24;1-2/h5,7,9-11,20,22-23,28-30,33H,6,8,12-19,21H2,1-4H3;1-2H3/b24-10-,25-11+;. The van der Waals surface area contributed by atoms with Crippen molar-refractivity contribution in [2.75, 3.05) is 5.75 Å². The van der Waals surface area contributed by atoms with Crippen molar-refractivity contribution >= 4 is 11.8 Å². The van der Waals surface area contributed by atoms with Crippen LogP contribution in [0.15, 0.2) is 52.5 Å². The summed E-state index contributed by atoms with van der Waals surface area (Å²) in [5.74, 6) is 4.19. The topological polar surface area (TPSA) is 20.2 Å². The van der Waals surface area contributed by atoms with Gasteiger partial charge in [0.05, 0.1) is 6.10 Å². The molecule has 5 atom stereocenters. The van der Waals surface area contributed by atoms with Gasteiger partial charge in [0.25, 0.3) is 0 Å². The van der Waals surface area contributed by atoms with E-state index in [1.54, 1.807) is 5.57 Å². The van der Waals surface area contributed by atoms with E-state index in [4.69, 9.17) is 0 Å².